The van der Waals surface area contributed by atoms with E-state index in [1.807, 2.05) is 13.0 Å². The fourth-order valence-electron chi connectivity index (χ4n) is 1.47. The second-order valence-electron chi connectivity index (χ2n) is 3.93. The van der Waals surface area contributed by atoms with Gasteiger partial charge in [-0.15, -0.1) is 0 Å². The molecule has 0 spiro atoms. The number of carbonyl (C=O) groups is 1. The van der Waals surface area contributed by atoms with Crippen molar-refractivity contribution < 1.29 is 4.79 Å². The summed E-state index contributed by atoms with van der Waals surface area (Å²) < 4.78 is 0. The fourth-order valence-corrected chi connectivity index (χ4v) is 1.91. The number of carbonyl (C=O) groups excluding carboxylic acids is 1. The van der Waals surface area contributed by atoms with E-state index >= 15 is 0 Å². The number of nitrogens with one attached hydrogen (secondary N) is 1. The zero-order valence-electron chi connectivity index (χ0n) is 9.88. The Kier molecular flexibility index (Phi) is 4.30. The van der Waals surface area contributed by atoms with E-state index < -0.39 is 0 Å². The van der Waals surface area contributed by atoms with Crippen LogP contribution in [0.2, 0.25) is 15.2 Å². The highest BCUT2D eigenvalue weighted by atomic mass is 35.5. The van der Waals surface area contributed by atoms with Crippen LogP contribution < -0.4 is 5.32 Å². The number of amides is 1. The van der Waals surface area contributed by atoms with Crippen LogP contribution in [0.4, 0.5) is 5.69 Å². The molecule has 1 heterocycles. The largest absolute Gasteiger partial charge is 0.321 e. The van der Waals surface area contributed by atoms with Gasteiger partial charge in [0.15, 0.2) is 0 Å². The van der Waals surface area contributed by atoms with Crippen molar-refractivity contribution in [1.82, 2.24) is 4.98 Å². The summed E-state index contributed by atoms with van der Waals surface area (Å²) in [5.74, 6) is -0.349. The second kappa shape index (κ2) is 5.78. The lowest BCUT2D eigenvalue weighted by molar-refractivity contribution is 0.102. The van der Waals surface area contributed by atoms with Crippen molar-refractivity contribution in [2.24, 2.45) is 0 Å². The summed E-state index contributed by atoms with van der Waals surface area (Å²) in [4.78, 5) is 15.9. The molecule has 0 saturated heterocycles. The van der Waals surface area contributed by atoms with Crippen molar-refractivity contribution >= 4 is 46.4 Å². The predicted molar refractivity (Wildman–Crippen MR) is 78.4 cm³/mol. The van der Waals surface area contributed by atoms with Gasteiger partial charge in [0.25, 0.3) is 5.91 Å². The first-order valence-electron chi connectivity index (χ1n) is 5.36. The molecule has 0 aliphatic carbocycles. The van der Waals surface area contributed by atoms with Crippen LogP contribution in [0.5, 0.6) is 0 Å². The lowest BCUT2D eigenvalue weighted by Crippen LogP contribution is -2.12. The summed E-state index contributed by atoms with van der Waals surface area (Å²) in [6.45, 7) is 1.91. The molecule has 0 fully saturated rings. The van der Waals surface area contributed by atoms with Crippen LogP contribution in [0.25, 0.3) is 0 Å². The van der Waals surface area contributed by atoms with Gasteiger partial charge in [-0.2, -0.15) is 0 Å². The molecule has 1 aromatic carbocycles. The number of hydrogen-bond acceptors (Lipinski definition) is 2. The fraction of sp³-hybridized carbons (Fsp3) is 0.0769. The number of anilines is 1. The lowest BCUT2D eigenvalue weighted by Gasteiger charge is -2.08. The third kappa shape index (κ3) is 3.38. The number of nitrogens with zero attached hydrogens (tertiary/aromatic N) is 1. The Morgan fingerprint density at radius 3 is 2.58 bits per heavy atom. The number of aryl methyl sites for hydroxylation is 1. The van der Waals surface area contributed by atoms with Crippen molar-refractivity contribution in [3.63, 3.8) is 0 Å². The third-order valence-corrected chi connectivity index (χ3v) is 3.44. The number of hydrogen-bond donors (Lipinski definition) is 1. The topological polar surface area (TPSA) is 42.0 Å². The zero-order chi connectivity index (χ0) is 14.0. The average Bonchev–Trinajstić information content (AvgIpc) is 2.37. The normalized spacial score (nSPS) is 10.3. The molecule has 0 bridgehead atoms. The Morgan fingerprint density at radius 2 is 1.89 bits per heavy atom. The summed E-state index contributed by atoms with van der Waals surface area (Å²) in [5, 5.41) is 3.55. The SMILES string of the molecule is Cc1ccc(Cl)c(NC(=O)c2cnc(Cl)c(Cl)c2)c1. The van der Waals surface area contributed by atoms with Crippen molar-refractivity contribution in [3.8, 4) is 0 Å². The van der Waals surface area contributed by atoms with Crippen LogP contribution in [-0.2, 0) is 0 Å². The summed E-state index contributed by atoms with van der Waals surface area (Å²) in [5.41, 5.74) is 1.84. The zero-order valence-corrected chi connectivity index (χ0v) is 12.1. The molecule has 0 aliphatic rings. The van der Waals surface area contributed by atoms with Gasteiger partial charge in [0.2, 0.25) is 0 Å². The van der Waals surface area contributed by atoms with E-state index in [2.05, 4.69) is 10.3 Å². The second-order valence-corrected chi connectivity index (χ2v) is 5.11. The summed E-state index contributed by atoms with van der Waals surface area (Å²) in [6.07, 6.45) is 1.35. The molecule has 2 aromatic rings. The quantitative estimate of drug-likeness (QED) is 0.823. The molecule has 1 amide bonds. The van der Waals surface area contributed by atoms with Crippen LogP contribution in [0.1, 0.15) is 15.9 Å². The Balaban J connectivity index is 2.25. The van der Waals surface area contributed by atoms with Gasteiger partial charge in [0.05, 0.1) is 21.3 Å². The molecule has 0 radical (unpaired) electrons. The van der Waals surface area contributed by atoms with Gasteiger partial charge in [-0.25, -0.2) is 4.98 Å². The van der Waals surface area contributed by atoms with Crippen molar-refractivity contribution in [2.45, 2.75) is 6.92 Å². The van der Waals surface area contributed by atoms with Crippen molar-refractivity contribution in [3.05, 3.63) is 56.8 Å². The smallest absolute Gasteiger partial charge is 0.257 e. The highest BCUT2D eigenvalue weighted by Gasteiger charge is 2.11. The van der Waals surface area contributed by atoms with E-state index in [1.54, 1.807) is 12.1 Å². The average molecular weight is 316 g/mol. The first kappa shape index (κ1) is 14.1. The van der Waals surface area contributed by atoms with E-state index in [0.717, 1.165) is 5.56 Å². The van der Waals surface area contributed by atoms with Crippen LogP contribution in [-0.4, -0.2) is 10.9 Å². The Hall–Kier alpha value is -1.29. The Labute approximate surface area is 125 Å². The Bertz CT molecular complexity index is 644. The minimum atomic E-state index is -0.349. The van der Waals surface area contributed by atoms with Crippen molar-refractivity contribution in [1.29, 1.82) is 0 Å². The molecule has 0 aliphatic heterocycles. The number of benzene rings is 1. The number of aromatic nitrogens is 1. The molecule has 2 rings (SSSR count). The molecule has 3 nitrogen and oxygen atoms in total. The molecular formula is C13H9Cl3N2O. The molecule has 0 atom stereocenters. The molecule has 1 N–H and O–H groups in total. The monoisotopic (exact) mass is 314 g/mol. The number of pyridine rings is 1. The minimum absolute atomic E-state index is 0.159. The molecular weight excluding hydrogens is 307 g/mol. The summed E-state index contributed by atoms with van der Waals surface area (Å²) >= 11 is 17.5. The van der Waals surface area contributed by atoms with Gasteiger partial charge in [-0.05, 0) is 30.7 Å². The summed E-state index contributed by atoms with van der Waals surface area (Å²) in [6, 6.07) is 6.82. The van der Waals surface area contributed by atoms with E-state index in [-0.39, 0.29) is 16.1 Å². The maximum atomic E-state index is 12.0. The van der Waals surface area contributed by atoms with Crippen LogP contribution >= 0.6 is 34.8 Å². The first-order chi connectivity index (χ1) is 8.97. The maximum absolute atomic E-state index is 12.0. The molecule has 98 valence electrons. The molecule has 6 heteroatoms. The van der Waals surface area contributed by atoms with E-state index in [4.69, 9.17) is 34.8 Å². The van der Waals surface area contributed by atoms with Gasteiger partial charge < -0.3 is 5.32 Å². The van der Waals surface area contributed by atoms with Crippen LogP contribution in [0.3, 0.4) is 0 Å². The number of halogens is 3. The van der Waals surface area contributed by atoms with Crippen LogP contribution in [0, 0.1) is 6.92 Å². The van der Waals surface area contributed by atoms with Gasteiger partial charge in [-0.3, -0.25) is 4.79 Å². The minimum Gasteiger partial charge on any atom is -0.321 e. The third-order valence-electron chi connectivity index (χ3n) is 2.43. The standard InChI is InChI=1S/C13H9Cl3N2O/c1-7-2-3-9(14)11(4-7)18-13(19)8-5-10(15)12(16)17-6-8/h2-6H,1H3,(H,18,19). The highest BCUT2D eigenvalue weighted by molar-refractivity contribution is 6.41. The van der Waals surface area contributed by atoms with Gasteiger partial charge in [-0.1, -0.05) is 40.9 Å². The molecule has 1 aromatic heterocycles. The van der Waals surface area contributed by atoms with Gasteiger partial charge in [0.1, 0.15) is 5.15 Å². The van der Waals surface area contributed by atoms with E-state index in [9.17, 15) is 4.79 Å². The predicted octanol–water partition coefficient (Wildman–Crippen LogP) is 4.60. The molecule has 0 unspecified atom stereocenters. The maximum Gasteiger partial charge on any atom is 0.257 e. The van der Waals surface area contributed by atoms with Gasteiger partial charge >= 0.3 is 0 Å². The van der Waals surface area contributed by atoms with Gasteiger partial charge in [0, 0.05) is 6.20 Å². The Morgan fingerprint density at radius 1 is 1.16 bits per heavy atom. The highest BCUT2D eigenvalue weighted by Crippen LogP contribution is 2.24. The van der Waals surface area contributed by atoms with Crippen molar-refractivity contribution in [2.75, 3.05) is 5.32 Å². The first-order valence-corrected chi connectivity index (χ1v) is 6.49. The van der Waals surface area contributed by atoms with E-state index in [0.29, 0.717) is 16.3 Å². The summed E-state index contributed by atoms with van der Waals surface area (Å²) in [7, 11) is 0. The van der Waals surface area contributed by atoms with Crippen LogP contribution in [0.15, 0.2) is 30.5 Å². The molecule has 0 saturated carbocycles. The molecule has 19 heavy (non-hydrogen) atoms. The van der Waals surface area contributed by atoms with E-state index in [1.165, 1.54) is 12.3 Å². The lowest BCUT2D eigenvalue weighted by atomic mass is 10.2. The number of rotatable bonds is 2.